The molecule has 1 aromatic carbocycles. The van der Waals surface area contributed by atoms with Crippen molar-refractivity contribution >= 4 is 41.9 Å². The number of amides is 4. The number of hydrogen-bond acceptors (Lipinski definition) is 6. The first-order chi connectivity index (χ1) is 18.0. The Bertz CT molecular complexity index is 914. The van der Waals surface area contributed by atoms with Gasteiger partial charge in [-0.05, 0) is 42.2 Å². The van der Waals surface area contributed by atoms with Gasteiger partial charge < -0.3 is 26.4 Å². The lowest BCUT2D eigenvalue weighted by molar-refractivity contribution is -0.142. The van der Waals surface area contributed by atoms with E-state index in [1.807, 2.05) is 33.1 Å². The van der Waals surface area contributed by atoms with Crippen LogP contribution in [0.1, 0.15) is 52.5 Å². The van der Waals surface area contributed by atoms with Crippen LogP contribution in [0.5, 0.6) is 0 Å². The number of carboxylic acids is 1. The second-order valence-corrected chi connectivity index (χ2v) is 10.8. The minimum absolute atomic E-state index is 0.0489. The van der Waals surface area contributed by atoms with Crippen LogP contribution in [-0.2, 0) is 30.4 Å². The summed E-state index contributed by atoms with van der Waals surface area (Å²) in [6.07, 6.45) is 3.71. The number of carbonyl (C=O) groups is 5. The minimum Gasteiger partial charge on any atom is -0.480 e. The Balaban J connectivity index is 3.06. The summed E-state index contributed by atoms with van der Waals surface area (Å²) in [4.78, 5) is 62.3. The topological polar surface area (TPSA) is 154 Å². The molecule has 0 saturated carbocycles. The molecule has 0 aromatic heterocycles. The number of aliphatic carboxylic acids is 1. The number of hydrogen-bond donors (Lipinski definition) is 5. The normalized spacial score (nSPS) is 14.9. The number of thioether (sulfide) groups is 1. The molecule has 0 radical (unpaired) electrons. The van der Waals surface area contributed by atoms with Gasteiger partial charge in [0.15, 0.2) is 0 Å². The number of carboxylic acid groups (broad SMARTS) is 1. The van der Waals surface area contributed by atoms with E-state index in [1.54, 1.807) is 31.2 Å². The molecule has 4 amide bonds. The highest BCUT2D eigenvalue weighted by molar-refractivity contribution is 7.98. The fourth-order valence-electron chi connectivity index (χ4n) is 3.85. The highest BCUT2D eigenvalue weighted by Gasteiger charge is 2.33. The predicted octanol–water partition coefficient (Wildman–Crippen LogP) is 1.73. The van der Waals surface area contributed by atoms with Crippen LogP contribution in [0.15, 0.2) is 30.3 Å². The van der Waals surface area contributed by atoms with Gasteiger partial charge >= 0.3 is 5.97 Å². The van der Waals surface area contributed by atoms with E-state index in [-0.39, 0.29) is 18.3 Å². The lowest BCUT2D eigenvalue weighted by atomic mass is 9.96. The lowest BCUT2D eigenvalue weighted by Crippen LogP contribution is -2.59. The number of benzene rings is 1. The summed E-state index contributed by atoms with van der Waals surface area (Å²) in [6.45, 7) is 7.47. The Hall–Kier alpha value is -3.08. The zero-order chi connectivity index (χ0) is 28.7. The van der Waals surface area contributed by atoms with Crippen LogP contribution in [0.3, 0.4) is 0 Å². The molecular weight excluding hydrogens is 508 g/mol. The van der Waals surface area contributed by atoms with Gasteiger partial charge in [-0.2, -0.15) is 11.8 Å². The van der Waals surface area contributed by atoms with Crippen LogP contribution in [0.25, 0.3) is 0 Å². The van der Waals surface area contributed by atoms with Crippen molar-refractivity contribution in [2.45, 2.75) is 77.5 Å². The first-order valence-electron chi connectivity index (χ1n) is 12.9. The summed E-state index contributed by atoms with van der Waals surface area (Å²) < 4.78 is 0. The van der Waals surface area contributed by atoms with Crippen molar-refractivity contribution in [1.29, 1.82) is 0 Å². The van der Waals surface area contributed by atoms with Gasteiger partial charge in [0, 0.05) is 6.42 Å². The zero-order valence-corrected chi connectivity index (χ0v) is 23.7. The average molecular weight is 551 g/mol. The van der Waals surface area contributed by atoms with Gasteiger partial charge in [-0.1, -0.05) is 64.4 Å². The fourth-order valence-corrected chi connectivity index (χ4v) is 4.32. The Kier molecular flexibility index (Phi) is 15.1. The quantitative estimate of drug-likeness (QED) is 0.174. The van der Waals surface area contributed by atoms with Crippen molar-refractivity contribution in [2.75, 3.05) is 12.0 Å². The molecule has 0 heterocycles. The van der Waals surface area contributed by atoms with Crippen LogP contribution in [-0.4, -0.2) is 71.4 Å². The van der Waals surface area contributed by atoms with Crippen molar-refractivity contribution in [2.24, 2.45) is 11.8 Å². The molecule has 5 N–H and O–H groups in total. The van der Waals surface area contributed by atoms with Gasteiger partial charge in [0.25, 0.3) is 0 Å². The van der Waals surface area contributed by atoms with Crippen LogP contribution in [0.4, 0.5) is 0 Å². The van der Waals surface area contributed by atoms with Crippen LogP contribution in [0.2, 0.25) is 0 Å². The van der Waals surface area contributed by atoms with Crippen molar-refractivity contribution in [3.63, 3.8) is 0 Å². The van der Waals surface area contributed by atoms with E-state index in [1.165, 1.54) is 11.8 Å². The van der Waals surface area contributed by atoms with E-state index in [2.05, 4.69) is 21.3 Å². The lowest BCUT2D eigenvalue weighted by Gasteiger charge is -2.29. The second-order valence-electron chi connectivity index (χ2n) is 9.77. The van der Waals surface area contributed by atoms with E-state index in [4.69, 9.17) is 0 Å². The number of rotatable bonds is 18. The summed E-state index contributed by atoms with van der Waals surface area (Å²) in [5, 5.41) is 20.2. The zero-order valence-electron chi connectivity index (χ0n) is 22.9. The SMILES string of the molecule is CCC(C)C(NC(=O)C(CC(C)C)NC(=O)C(CCSC)NC=O)C(=O)NC(Cc1ccccc1)C(=O)O. The number of nitrogens with one attached hydrogen (secondary N) is 4. The highest BCUT2D eigenvalue weighted by atomic mass is 32.2. The molecular formula is C27H42N4O6S. The molecule has 0 saturated heterocycles. The maximum atomic E-state index is 13.3. The molecule has 0 bridgehead atoms. The van der Waals surface area contributed by atoms with Crippen LogP contribution >= 0.6 is 11.8 Å². The highest BCUT2D eigenvalue weighted by Crippen LogP contribution is 2.13. The molecule has 0 aliphatic heterocycles. The van der Waals surface area contributed by atoms with E-state index in [0.29, 0.717) is 31.4 Å². The molecule has 0 aliphatic carbocycles. The standard InChI is InChI=1S/C27H42N4O6S/c1-6-18(4)23(26(35)30-22(27(36)37)15-19-10-8-7-9-11-19)31-25(34)21(14-17(2)3)29-24(33)20(28-16-32)12-13-38-5/h7-11,16-18,20-23H,6,12-15H2,1-5H3,(H,28,32)(H,29,33)(H,30,35)(H,31,34)(H,36,37). The van der Waals surface area contributed by atoms with E-state index in [9.17, 15) is 29.1 Å². The number of carbonyl (C=O) groups excluding carboxylic acids is 4. The molecule has 0 aliphatic rings. The summed E-state index contributed by atoms with van der Waals surface area (Å²) >= 11 is 1.53. The van der Waals surface area contributed by atoms with Gasteiger partial charge in [0.1, 0.15) is 24.2 Å². The Morgan fingerprint density at radius 3 is 2.05 bits per heavy atom. The summed E-state index contributed by atoms with van der Waals surface area (Å²) in [5.41, 5.74) is 0.754. The van der Waals surface area contributed by atoms with Crippen LogP contribution < -0.4 is 21.3 Å². The summed E-state index contributed by atoms with van der Waals surface area (Å²) in [7, 11) is 0. The molecule has 1 rings (SSSR count). The van der Waals surface area contributed by atoms with Gasteiger partial charge in [0.05, 0.1) is 0 Å². The van der Waals surface area contributed by atoms with Crippen molar-refractivity contribution in [1.82, 2.24) is 21.3 Å². The van der Waals surface area contributed by atoms with E-state index < -0.39 is 47.9 Å². The third kappa shape index (κ3) is 11.5. The van der Waals surface area contributed by atoms with E-state index >= 15 is 0 Å². The molecule has 38 heavy (non-hydrogen) atoms. The van der Waals surface area contributed by atoms with Gasteiger partial charge in [0.2, 0.25) is 24.1 Å². The Morgan fingerprint density at radius 1 is 0.921 bits per heavy atom. The molecule has 5 atom stereocenters. The fraction of sp³-hybridized carbons (Fsp3) is 0.593. The first kappa shape index (κ1) is 32.9. The molecule has 10 nitrogen and oxygen atoms in total. The van der Waals surface area contributed by atoms with Gasteiger partial charge in [-0.3, -0.25) is 19.2 Å². The smallest absolute Gasteiger partial charge is 0.326 e. The second kappa shape index (κ2) is 17.4. The van der Waals surface area contributed by atoms with Crippen molar-refractivity contribution < 1.29 is 29.1 Å². The molecule has 0 fully saturated rings. The Labute approximate surface area is 229 Å². The maximum absolute atomic E-state index is 13.3. The minimum atomic E-state index is -1.18. The third-order valence-corrected chi connectivity index (χ3v) is 6.87. The van der Waals surface area contributed by atoms with Crippen molar-refractivity contribution in [3.05, 3.63) is 35.9 Å². The Morgan fingerprint density at radius 2 is 1.53 bits per heavy atom. The molecule has 11 heteroatoms. The summed E-state index contributed by atoms with van der Waals surface area (Å²) in [6, 6.07) is 5.05. The largest absolute Gasteiger partial charge is 0.480 e. The predicted molar refractivity (Wildman–Crippen MR) is 148 cm³/mol. The monoisotopic (exact) mass is 550 g/mol. The summed E-state index contributed by atoms with van der Waals surface area (Å²) in [5.74, 6) is -2.42. The van der Waals surface area contributed by atoms with E-state index in [0.717, 1.165) is 5.56 Å². The molecule has 212 valence electrons. The third-order valence-electron chi connectivity index (χ3n) is 6.23. The first-order valence-corrected chi connectivity index (χ1v) is 14.3. The van der Waals surface area contributed by atoms with Gasteiger partial charge in [-0.15, -0.1) is 0 Å². The maximum Gasteiger partial charge on any atom is 0.326 e. The molecule has 5 unspecified atom stereocenters. The molecule has 0 spiro atoms. The van der Waals surface area contributed by atoms with Crippen LogP contribution in [0, 0.1) is 11.8 Å². The molecule has 1 aromatic rings. The van der Waals surface area contributed by atoms with Gasteiger partial charge in [-0.25, -0.2) is 4.79 Å². The average Bonchev–Trinajstić information content (AvgIpc) is 2.88. The van der Waals surface area contributed by atoms with Crippen molar-refractivity contribution in [3.8, 4) is 0 Å².